The van der Waals surface area contributed by atoms with Gasteiger partial charge in [0.15, 0.2) is 0 Å². The van der Waals surface area contributed by atoms with Gasteiger partial charge < -0.3 is 15.4 Å². The van der Waals surface area contributed by atoms with E-state index >= 15 is 0 Å². The molecule has 1 unspecified atom stereocenters. The Morgan fingerprint density at radius 3 is 2.73 bits per heavy atom. The number of nitrogens with zero attached hydrogens (tertiary/aromatic N) is 3. The molecule has 0 aromatic carbocycles. The van der Waals surface area contributed by atoms with Gasteiger partial charge in [-0.3, -0.25) is 0 Å². The third-order valence-corrected chi connectivity index (χ3v) is 4.30. The summed E-state index contributed by atoms with van der Waals surface area (Å²) in [5.41, 5.74) is 7.92. The number of ether oxygens (including phenoxy) is 1. The predicted molar refractivity (Wildman–Crippen MR) is 93.5 cm³/mol. The van der Waals surface area contributed by atoms with Crippen molar-refractivity contribution in [3.8, 4) is 0 Å². The summed E-state index contributed by atoms with van der Waals surface area (Å²) < 4.78 is 5.73. The second-order valence-corrected chi connectivity index (χ2v) is 5.88. The van der Waals surface area contributed by atoms with Crippen molar-refractivity contribution in [3.05, 3.63) is 17.5 Å². The van der Waals surface area contributed by atoms with Crippen LogP contribution in [0, 0.1) is 6.92 Å². The van der Waals surface area contributed by atoms with Gasteiger partial charge in [-0.25, -0.2) is 9.97 Å². The van der Waals surface area contributed by atoms with Crippen LogP contribution < -0.4 is 10.6 Å². The van der Waals surface area contributed by atoms with E-state index in [9.17, 15) is 0 Å². The fourth-order valence-corrected chi connectivity index (χ4v) is 2.89. The van der Waals surface area contributed by atoms with Crippen molar-refractivity contribution in [3.63, 3.8) is 0 Å². The molecule has 1 saturated carbocycles. The molecule has 2 fully saturated rings. The standard InChI is InChI=1S/C15H24N4O.2ClH/c1-11-9-14(12-3-2-4-12)18-15(17-11)19-7-8-20-13(10-19)5-6-16;;/h9,12-13H,2-8,10,16H2,1H3;2*1H. The molecular weight excluding hydrogens is 323 g/mol. The van der Waals surface area contributed by atoms with E-state index in [0.717, 1.165) is 37.8 Å². The van der Waals surface area contributed by atoms with Crippen molar-refractivity contribution in [1.82, 2.24) is 9.97 Å². The first-order valence-electron chi connectivity index (χ1n) is 7.68. The van der Waals surface area contributed by atoms with Gasteiger partial charge in [-0.05, 0) is 38.8 Å². The summed E-state index contributed by atoms with van der Waals surface area (Å²) in [5.74, 6) is 1.52. The van der Waals surface area contributed by atoms with Gasteiger partial charge in [0.2, 0.25) is 5.95 Å². The largest absolute Gasteiger partial charge is 0.374 e. The number of nitrogens with two attached hydrogens (primary N) is 1. The van der Waals surface area contributed by atoms with E-state index in [4.69, 9.17) is 15.5 Å². The SMILES string of the molecule is Cc1cc(C2CCC2)nc(N2CCOC(CCN)C2)n1.Cl.Cl. The van der Waals surface area contributed by atoms with Gasteiger partial charge in [0.1, 0.15) is 0 Å². The Labute approximate surface area is 144 Å². The van der Waals surface area contributed by atoms with E-state index in [-0.39, 0.29) is 30.9 Å². The normalized spacial score (nSPS) is 21.5. The summed E-state index contributed by atoms with van der Waals surface area (Å²) in [6.45, 7) is 5.19. The van der Waals surface area contributed by atoms with Gasteiger partial charge in [0.25, 0.3) is 0 Å². The lowest BCUT2D eigenvalue weighted by molar-refractivity contribution is 0.0363. The average molecular weight is 349 g/mol. The van der Waals surface area contributed by atoms with Crippen molar-refractivity contribution in [2.45, 2.75) is 44.6 Å². The fraction of sp³-hybridized carbons (Fsp3) is 0.733. The molecule has 126 valence electrons. The van der Waals surface area contributed by atoms with Crippen LogP contribution in [0.4, 0.5) is 5.95 Å². The topological polar surface area (TPSA) is 64.3 Å². The maximum atomic E-state index is 5.73. The second kappa shape index (κ2) is 8.87. The first-order valence-corrected chi connectivity index (χ1v) is 7.68. The van der Waals surface area contributed by atoms with Gasteiger partial charge in [0, 0.05) is 30.4 Å². The maximum Gasteiger partial charge on any atom is 0.225 e. The predicted octanol–water partition coefficient (Wildman–Crippen LogP) is 2.45. The number of aromatic nitrogens is 2. The molecule has 0 radical (unpaired) electrons. The number of hydrogen-bond acceptors (Lipinski definition) is 5. The summed E-state index contributed by atoms with van der Waals surface area (Å²) >= 11 is 0. The molecule has 5 nitrogen and oxygen atoms in total. The molecule has 1 atom stereocenters. The molecule has 22 heavy (non-hydrogen) atoms. The number of aryl methyl sites for hydroxylation is 1. The number of anilines is 1. The first kappa shape index (κ1) is 19.4. The average Bonchev–Trinajstić information content (AvgIpc) is 2.37. The molecule has 0 bridgehead atoms. The number of halogens is 2. The van der Waals surface area contributed by atoms with Gasteiger partial charge in [0.05, 0.1) is 12.7 Å². The zero-order chi connectivity index (χ0) is 13.9. The quantitative estimate of drug-likeness (QED) is 0.905. The highest BCUT2D eigenvalue weighted by atomic mass is 35.5. The van der Waals surface area contributed by atoms with Crippen LogP contribution in [0.25, 0.3) is 0 Å². The van der Waals surface area contributed by atoms with Crippen LogP contribution in [-0.2, 0) is 4.74 Å². The maximum absolute atomic E-state index is 5.73. The van der Waals surface area contributed by atoms with E-state index in [1.165, 1.54) is 25.0 Å². The smallest absolute Gasteiger partial charge is 0.225 e. The Balaban J connectivity index is 0.00000121. The molecule has 7 heteroatoms. The van der Waals surface area contributed by atoms with Crippen LogP contribution >= 0.6 is 24.8 Å². The molecule has 3 rings (SSSR count). The van der Waals surface area contributed by atoms with E-state index < -0.39 is 0 Å². The van der Waals surface area contributed by atoms with E-state index in [0.29, 0.717) is 12.5 Å². The van der Waals surface area contributed by atoms with Crippen LogP contribution in [0.3, 0.4) is 0 Å². The van der Waals surface area contributed by atoms with Crippen molar-refractivity contribution < 1.29 is 4.74 Å². The first-order chi connectivity index (χ1) is 9.76. The lowest BCUT2D eigenvalue weighted by Crippen LogP contribution is -2.44. The lowest BCUT2D eigenvalue weighted by atomic mass is 9.83. The van der Waals surface area contributed by atoms with E-state index in [1.54, 1.807) is 0 Å². The molecule has 2 heterocycles. The highest BCUT2D eigenvalue weighted by molar-refractivity contribution is 5.85. The van der Waals surface area contributed by atoms with Crippen molar-refractivity contribution in [2.24, 2.45) is 5.73 Å². The zero-order valence-corrected chi connectivity index (χ0v) is 14.7. The van der Waals surface area contributed by atoms with E-state index in [2.05, 4.69) is 22.9 Å². The monoisotopic (exact) mass is 348 g/mol. The minimum atomic E-state index is 0. The highest BCUT2D eigenvalue weighted by Crippen LogP contribution is 2.36. The Hall–Kier alpha value is -0.620. The van der Waals surface area contributed by atoms with Crippen molar-refractivity contribution >= 4 is 30.8 Å². The molecule has 0 spiro atoms. The molecule has 1 aliphatic heterocycles. The van der Waals surface area contributed by atoms with Crippen LogP contribution in [-0.4, -0.2) is 42.3 Å². The molecule has 1 aromatic rings. The molecule has 1 aliphatic carbocycles. The summed E-state index contributed by atoms with van der Waals surface area (Å²) in [6.07, 6.45) is 4.99. The van der Waals surface area contributed by atoms with Crippen LogP contribution in [0.1, 0.15) is 43.0 Å². The molecule has 0 amide bonds. The van der Waals surface area contributed by atoms with Crippen molar-refractivity contribution in [1.29, 1.82) is 0 Å². The molecule has 2 N–H and O–H groups in total. The van der Waals surface area contributed by atoms with Crippen LogP contribution in [0.15, 0.2) is 6.07 Å². The van der Waals surface area contributed by atoms with Crippen LogP contribution in [0.2, 0.25) is 0 Å². The number of rotatable bonds is 4. The second-order valence-electron chi connectivity index (χ2n) is 5.88. The van der Waals surface area contributed by atoms with Gasteiger partial charge in [-0.15, -0.1) is 24.8 Å². The minimum Gasteiger partial charge on any atom is -0.374 e. The van der Waals surface area contributed by atoms with Crippen molar-refractivity contribution in [2.75, 3.05) is 31.1 Å². The fourth-order valence-electron chi connectivity index (χ4n) is 2.89. The molecule has 1 aromatic heterocycles. The Morgan fingerprint density at radius 2 is 2.09 bits per heavy atom. The Morgan fingerprint density at radius 1 is 1.32 bits per heavy atom. The Kier molecular flexibility index (Phi) is 7.83. The molecule has 2 aliphatic rings. The van der Waals surface area contributed by atoms with Gasteiger partial charge in [-0.1, -0.05) is 6.42 Å². The summed E-state index contributed by atoms with van der Waals surface area (Å²) in [6, 6.07) is 2.14. The number of morpholine rings is 1. The zero-order valence-electron chi connectivity index (χ0n) is 13.0. The third-order valence-electron chi connectivity index (χ3n) is 4.30. The highest BCUT2D eigenvalue weighted by Gasteiger charge is 2.25. The summed E-state index contributed by atoms with van der Waals surface area (Å²) in [5, 5.41) is 0. The number of hydrogen-bond donors (Lipinski definition) is 1. The minimum absolute atomic E-state index is 0. The third kappa shape index (κ3) is 4.44. The van der Waals surface area contributed by atoms with E-state index in [1.807, 2.05) is 0 Å². The van der Waals surface area contributed by atoms with Gasteiger partial charge in [-0.2, -0.15) is 0 Å². The van der Waals surface area contributed by atoms with Gasteiger partial charge >= 0.3 is 0 Å². The molecular formula is C15H26Cl2N4O. The summed E-state index contributed by atoms with van der Waals surface area (Å²) in [7, 11) is 0. The van der Waals surface area contributed by atoms with Crippen LogP contribution in [0.5, 0.6) is 0 Å². The Bertz CT molecular complexity index is 469. The summed E-state index contributed by atoms with van der Waals surface area (Å²) in [4.78, 5) is 11.7. The molecule has 1 saturated heterocycles. The lowest BCUT2D eigenvalue weighted by Gasteiger charge is -2.34.